The quantitative estimate of drug-likeness (QED) is 0.417. The summed E-state index contributed by atoms with van der Waals surface area (Å²) >= 11 is 1.75. The van der Waals surface area contributed by atoms with Crippen LogP contribution in [-0.4, -0.2) is 22.5 Å². The molecule has 0 saturated heterocycles. The molecule has 0 aromatic carbocycles. The van der Waals surface area contributed by atoms with E-state index in [1.165, 1.54) is 49.4 Å². The van der Waals surface area contributed by atoms with E-state index in [1.807, 2.05) is 0 Å². The second-order valence-electron chi connectivity index (χ2n) is 6.35. The van der Waals surface area contributed by atoms with Gasteiger partial charge in [0.15, 0.2) is 0 Å². The van der Waals surface area contributed by atoms with Gasteiger partial charge in [-0.15, -0.1) is 0 Å². The summed E-state index contributed by atoms with van der Waals surface area (Å²) < 4.78 is 1.49. The van der Waals surface area contributed by atoms with E-state index in [-0.39, 0.29) is 14.1 Å². The van der Waals surface area contributed by atoms with E-state index >= 15 is 0 Å². The first kappa shape index (κ1) is 22.9. The summed E-state index contributed by atoms with van der Waals surface area (Å²) in [6.07, 6.45) is 18.5. The van der Waals surface area contributed by atoms with Crippen molar-refractivity contribution >= 4 is 22.5 Å². The Morgan fingerprint density at radius 2 is 1.10 bits per heavy atom. The molecule has 0 unspecified atom stereocenters. The summed E-state index contributed by atoms with van der Waals surface area (Å²) in [6, 6.07) is 0. The van der Waals surface area contributed by atoms with E-state index in [4.69, 9.17) is 0 Å². The van der Waals surface area contributed by atoms with Gasteiger partial charge in [-0.05, 0) is 0 Å². The molecule has 0 N–H and O–H groups in total. The van der Waals surface area contributed by atoms with Crippen molar-refractivity contribution < 1.29 is 14.1 Å². The van der Waals surface area contributed by atoms with Crippen LogP contribution in [0.2, 0.25) is 4.44 Å². The molecule has 2 fully saturated rings. The van der Waals surface area contributed by atoms with E-state index in [9.17, 15) is 0 Å². The Hall–Kier alpha value is 0.589. The van der Waals surface area contributed by atoms with Gasteiger partial charge in [0.25, 0.3) is 0 Å². The molecule has 2 aliphatic carbocycles. The number of hydrogen-bond acceptors (Lipinski definition) is 0. The number of rotatable bonds is 5. The third-order valence-electron chi connectivity index (χ3n) is 5.22. The van der Waals surface area contributed by atoms with Crippen molar-refractivity contribution in [3.63, 3.8) is 0 Å². The second kappa shape index (κ2) is 13.3. The standard InChI is InChI=1S/C16H29.3FH.Sn/c1-2-9-16(14-10-5-3-6-11-14)15-12-7-4-8-13-15;;;;/h14-16H,1-13H2;3*1H;/q;;;;+3/p-3. The first-order chi connectivity index (χ1) is 8.42. The normalized spacial score (nSPS) is 20.8. The summed E-state index contributed by atoms with van der Waals surface area (Å²) in [5.74, 6) is 3.36. The van der Waals surface area contributed by atoms with Gasteiger partial charge < -0.3 is 14.1 Å². The van der Waals surface area contributed by atoms with Crippen LogP contribution in [0.1, 0.15) is 77.0 Å². The van der Waals surface area contributed by atoms with Crippen LogP contribution >= 0.6 is 0 Å². The minimum absolute atomic E-state index is 0. The van der Waals surface area contributed by atoms with E-state index < -0.39 is 0 Å². The molecule has 2 rings (SSSR count). The van der Waals surface area contributed by atoms with Crippen LogP contribution in [-0.2, 0) is 0 Å². The third-order valence-corrected chi connectivity index (χ3v) is 6.23. The van der Waals surface area contributed by atoms with Gasteiger partial charge in [0.1, 0.15) is 0 Å². The van der Waals surface area contributed by atoms with Crippen molar-refractivity contribution in [1.82, 2.24) is 0 Å². The molecule has 0 aliphatic heterocycles. The predicted molar refractivity (Wildman–Crippen MR) is 76.4 cm³/mol. The van der Waals surface area contributed by atoms with Gasteiger partial charge in [-0.25, -0.2) is 0 Å². The molecule has 2 saturated carbocycles. The fraction of sp³-hybridized carbons (Fsp3) is 1.00. The van der Waals surface area contributed by atoms with Crippen molar-refractivity contribution in [3.8, 4) is 0 Å². The van der Waals surface area contributed by atoms with Gasteiger partial charge in [0.05, 0.1) is 0 Å². The molecule has 0 amide bonds. The fourth-order valence-electron chi connectivity index (χ4n) is 4.32. The molecular weight excluding hydrogens is 368 g/mol. The SMILES string of the molecule is [F-].[F-].[F-].[Sn+3][CH2]CCC(C1CCCCC1)C1CCCCC1. The Kier molecular flexibility index (Phi) is 15.2. The Balaban J connectivity index is 0. The average Bonchev–Trinajstić information content (AvgIpc) is 2.42. The monoisotopic (exact) mass is 398 g/mol. The summed E-state index contributed by atoms with van der Waals surface area (Å²) in [6.45, 7) is 0. The molecule has 0 spiro atoms. The van der Waals surface area contributed by atoms with Crippen LogP contribution in [0.25, 0.3) is 0 Å². The summed E-state index contributed by atoms with van der Waals surface area (Å²) in [5, 5.41) is 0. The molecule has 0 aromatic heterocycles. The van der Waals surface area contributed by atoms with Crippen molar-refractivity contribution in [2.45, 2.75) is 81.5 Å². The van der Waals surface area contributed by atoms with Crippen molar-refractivity contribution in [1.29, 1.82) is 0 Å². The van der Waals surface area contributed by atoms with Gasteiger partial charge in [-0.3, -0.25) is 0 Å². The first-order valence-corrected chi connectivity index (χ1v) is 10.1. The van der Waals surface area contributed by atoms with Gasteiger partial charge in [-0.1, -0.05) is 0 Å². The summed E-state index contributed by atoms with van der Waals surface area (Å²) in [4.78, 5) is 0. The molecule has 118 valence electrons. The fourth-order valence-corrected chi connectivity index (χ4v) is 4.90. The maximum absolute atomic E-state index is 1.75. The molecule has 20 heavy (non-hydrogen) atoms. The van der Waals surface area contributed by atoms with Crippen LogP contribution in [0.3, 0.4) is 0 Å². The van der Waals surface area contributed by atoms with Crippen LogP contribution in [0.15, 0.2) is 0 Å². The molecule has 2 aliphatic rings. The third kappa shape index (κ3) is 7.04. The van der Waals surface area contributed by atoms with Crippen LogP contribution in [0.4, 0.5) is 0 Å². The molecule has 0 aromatic rings. The van der Waals surface area contributed by atoms with Gasteiger partial charge in [0.2, 0.25) is 0 Å². The van der Waals surface area contributed by atoms with Crippen molar-refractivity contribution in [2.75, 3.05) is 0 Å². The number of hydrogen-bond donors (Lipinski definition) is 0. The van der Waals surface area contributed by atoms with Crippen molar-refractivity contribution in [2.24, 2.45) is 17.8 Å². The zero-order valence-electron chi connectivity index (χ0n) is 12.6. The predicted octanol–water partition coefficient (Wildman–Crippen LogP) is -3.86. The van der Waals surface area contributed by atoms with E-state index in [0.717, 1.165) is 17.8 Å². The topological polar surface area (TPSA) is 0 Å². The molecule has 0 nitrogen and oxygen atoms in total. The van der Waals surface area contributed by atoms with E-state index in [2.05, 4.69) is 0 Å². The van der Waals surface area contributed by atoms with Crippen LogP contribution < -0.4 is 14.1 Å². The summed E-state index contributed by atoms with van der Waals surface area (Å²) in [5.41, 5.74) is 0. The molecule has 4 heteroatoms. The zero-order chi connectivity index (χ0) is 11.9. The Labute approximate surface area is 136 Å². The van der Waals surface area contributed by atoms with Crippen LogP contribution in [0, 0.1) is 17.8 Å². The minimum atomic E-state index is 0. The van der Waals surface area contributed by atoms with Gasteiger partial charge in [0, 0.05) is 0 Å². The molecular formula is C16H29F3Sn. The van der Waals surface area contributed by atoms with E-state index in [0.29, 0.717) is 0 Å². The Morgan fingerprint density at radius 1 is 0.700 bits per heavy atom. The first-order valence-electron chi connectivity index (χ1n) is 8.06. The molecule has 0 bridgehead atoms. The molecule has 0 radical (unpaired) electrons. The summed E-state index contributed by atoms with van der Waals surface area (Å²) in [7, 11) is 0. The molecule has 0 atom stereocenters. The number of halogens is 3. The van der Waals surface area contributed by atoms with Gasteiger partial charge >= 0.3 is 122 Å². The van der Waals surface area contributed by atoms with Gasteiger partial charge in [-0.2, -0.15) is 0 Å². The second-order valence-corrected chi connectivity index (χ2v) is 7.78. The van der Waals surface area contributed by atoms with Crippen LogP contribution in [0.5, 0.6) is 0 Å². The average molecular weight is 397 g/mol. The van der Waals surface area contributed by atoms with Crippen molar-refractivity contribution in [3.05, 3.63) is 0 Å². The van der Waals surface area contributed by atoms with E-state index in [1.54, 1.807) is 54.6 Å². The Morgan fingerprint density at radius 3 is 1.45 bits per heavy atom. The Bertz CT molecular complexity index is 184. The zero-order valence-corrected chi connectivity index (χ0v) is 15.4. The maximum atomic E-state index is 1.75. The molecule has 0 heterocycles.